The smallest absolute Gasteiger partial charge is 0.406 e. The zero-order valence-electron chi connectivity index (χ0n) is 20.9. The molecule has 9 heteroatoms. The minimum Gasteiger partial charge on any atom is -0.453 e. The minimum absolute atomic E-state index is 0.144. The molecule has 1 aliphatic heterocycles. The molecule has 0 aromatic heterocycles. The predicted octanol–water partition coefficient (Wildman–Crippen LogP) is 3.94. The molecule has 1 heterocycles. The first kappa shape index (κ1) is 27.9. The summed E-state index contributed by atoms with van der Waals surface area (Å²) in [5.74, 6) is 0.370. The van der Waals surface area contributed by atoms with Crippen LogP contribution in [0.4, 0.5) is 4.79 Å². The number of halogens is 1. The summed E-state index contributed by atoms with van der Waals surface area (Å²) in [5, 5.41) is 9.56. The summed E-state index contributed by atoms with van der Waals surface area (Å²) in [7, 11) is 3.23. The molecule has 0 bridgehead atoms. The lowest BCUT2D eigenvalue weighted by Crippen LogP contribution is -2.41. The summed E-state index contributed by atoms with van der Waals surface area (Å²) in [6, 6.07) is 14.9. The Balaban J connectivity index is 1.66. The van der Waals surface area contributed by atoms with Crippen LogP contribution in [-0.2, 0) is 14.2 Å². The number of carbonyl (C=O) groups excluding carboxylic acids is 2. The fraction of sp³-hybridized carbons (Fsp3) is 0.481. The molecule has 2 amide bonds. The number of amides is 2. The van der Waals surface area contributed by atoms with E-state index < -0.39 is 12.2 Å². The molecule has 0 spiro atoms. The Labute approximate surface area is 218 Å². The largest absolute Gasteiger partial charge is 0.453 e. The van der Waals surface area contributed by atoms with Crippen molar-refractivity contribution in [2.75, 3.05) is 47.1 Å². The average Bonchev–Trinajstić information content (AvgIpc) is 2.91. The number of benzene rings is 2. The Hall–Kier alpha value is -2.65. The van der Waals surface area contributed by atoms with E-state index in [1.807, 2.05) is 43.4 Å². The number of likely N-dealkylation sites (N-methyl/N-ethyl adjacent to an activating group) is 1. The molecule has 2 aromatic rings. The predicted molar refractivity (Wildman–Crippen MR) is 139 cm³/mol. The second-order valence-corrected chi connectivity index (χ2v) is 9.30. The second kappa shape index (κ2) is 14.8. The normalized spacial score (nSPS) is 17.1. The lowest BCUT2D eigenvalue weighted by atomic mass is 9.94. The van der Waals surface area contributed by atoms with Crippen LogP contribution < -0.4 is 16.0 Å². The highest BCUT2D eigenvalue weighted by Gasteiger charge is 2.20. The van der Waals surface area contributed by atoms with Crippen LogP contribution in [0, 0.1) is 5.92 Å². The maximum Gasteiger partial charge on any atom is 0.406 e. The first-order valence-corrected chi connectivity index (χ1v) is 12.7. The van der Waals surface area contributed by atoms with Crippen molar-refractivity contribution in [3.05, 3.63) is 70.2 Å². The van der Waals surface area contributed by atoms with E-state index in [1.165, 1.54) is 7.11 Å². The Kier molecular flexibility index (Phi) is 11.5. The number of carbonyl (C=O) groups is 2. The third-order valence-electron chi connectivity index (χ3n) is 6.23. The Morgan fingerprint density at radius 3 is 2.61 bits per heavy atom. The van der Waals surface area contributed by atoms with Gasteiger partial charge in [-0.1, -0.05) is 35.9 Å². The van der Waals surface area contributed by atoms with Gasteiger partial charge in [0.15, 0.2) is 0 Å². The zero-order valence-corrected chi connectivity index (χ0v) is 21.7. The summed E-state index contributed by atoms with van der Waals surface area (Å²) in [4.78, 5) is 24.3. The first-order valence-electron chi connectivity index (χ1n) is 12.3. The number of rotatable bonds is 12. The van der Waals surface area contributed by atoms with Gasteiger partial charge in [0.05, 0.1) is 13.7 Å². The van der Waals surface area contributed by atoms with E-state index in [-0.39, 0.29) is 25.1 Å². The van der Waals surface area contributed by atoms with Gasteiger partial charge in [-0.3, -0.25) is 4.79 Å². The molecule has 8 nitrogen and oxygen atoms in total. The Morgan fingerprint density at radius 1 is 1.14 bits per heavy atom. The summed E-state index contributed by atoms with van der Waals surface area (Å²) >= 11 is 6.23. The number of hydrogen-bond acceptors (Lipinski definition) is 6. The Bertz CT molecular complexity index is 983. The van der Waals surface area contributed by atoms with Crippen molar-refractivity contribution in [1.29, 1.82) is 0 Å². The zero-order chi connectivity index (χ0) is 25.8. The van der Waals surface area contributed by atoms with Gasteiger partial charge in [-0.2, -0.15) is 0 Å². The molecular formula is C27H36ClN3O5. The van der Waals surface area contributed by atoms with Crippen molar-refractivity contribution in [3.63, 3.8) is 0 Å². The second-order valence-electron chi connectivity index (χ2n) is 8.86. The van der Waals surface area contributed by atoms with Crippen molar-refractivity contribution in [1.82, 2.24) is 16.0 Å². The van der Waals surface area contributed by atoms with Crippen LogP contribution in [0.3, 0.4) is 0 Å². The SMILES string of the molecule is CN[C@@H](CNC(=O)c1cccc([C@@H](OCCNC(=O)OC)c2cccc(Cl)c2)c1)C[C@@H]1CCCOC1. The molecule has 0 radical (unpaired) electrons. The van der Waals surface area contributed by atoms with E-state index >= 15 is 0 Å². The molecule has 0 aliphatic carbocycles. The lowest BCUT2D eigenvalue weighted by Gasteiger charge is -2.26. The third kappa shape index (κ3) is 8.78. The van der Waals surface area contributed by atoms with Crippen molar-refractivity contribution in [2.45, 2.75) is 31.4 Å². The molecule has 3 rings (SSSR count). The minimum atomic E-state index is -0.521. The molecule has 1 fully saturated rings. The molecule has 3 N–H and O–H groups in total. The summed E-state index contributed by atoms with van der Waals surface area (Å²) in [6.45, 7) is 2.69. The number of alkyl carbamates (subject to hydrolysis) is 1. The van der Waals surface area contributed by atoms with E-state index in [9.17, 15) is 9.59 Å². The Morgan fingerprint density at radius 2 is 1.92 bits per heavy atom. The maximum absolute atomic E-state index is 13.0. The highest BCUT2D eigenvalue weighted by Crippen LogP contribution is 2.28. The van der Waals surface area contributed by atoms with Gasteiger partial charge in [-0.05, 0) is 67.6 Å². The van der Waals surface area contributed by atoms with Gasteiger partial charge < -0.3 is 30.2 Å². The van der Waals surface area contributed by atoms with Gasteiger partial charge in [0, 0.05) is 42.9 Å². The van der Waals surface area contributed by atoms with Crippen molar-refractivity contribution >= 4 is 23.6 Å². The van der Waals surface area contributed by atoms with Crippen molar-refractivity contribution in [2.24, 2.45) is 5.92 Å². The van der Waals surface area contributed by atoms with Crippen LogP contribution in [0.2, 0.25) is 5.02 Å². The van der Waals surface area contributed by atoms with Gasteiger partial charge in [-0.15, -0.1) is 0 Å². The van der Waals surface area contributed by atoms with Gasteiger partial charge >= 0.3 is 6.09 Å². The van der Waals surface area contributed by atoms with Crippen LogP contribution in [-0.4, -0.2) is 65.1 Å². The molecule has 36 heavy (non-hydrogen) atoms. The number of ether oxygens (including phenoxy) is 3. The number of methoxy groups -OCH3 is 1. The van der Waals surface area contributed by atoms with E-state index in [2.05, 4.69) is 20.7 Å². The van der Waals surface area contributed by atoms with E-state index in [1.54, 1.807) is 12.1 Å². The van der Waals surface area contributed by atoms with Crippen LogP contribution in [0.15, 0.2) is 48.5 Å². The van der Waals surface area contributed by atoms with Crippen molar-refractivity contribution < 1.29 is 23.8 Å². The van der Waals surface area contributed by atoms with Crippen LogP contribution in [0.1, 0.15) is 46.9 Å². The maximum atomic E-state index is 13.0. The number of nitrogens with one attached hydrogen (secondary N) is 3. The fourth-order valence-electron chi connectivity index (χ4n) is 4.32. The molecule has 2 aromatic carbocycles. The van der Waals surface area contributed by atoms with Crippen molar-refractivity contribution in [3.8, 4) is 0 Å². The summed E-state index contributed by atoms with van der Waals surface area (Å²) in [5.41, 5.74) is 2.21. The van der Waals surface area contributed by atoms with Gasteiger partial charge in [0.2, 0.25) is 0 Å². The highest BCUT2D eigenvalue weighted by molar-refractivity contribution is 6.30. The molecule has 0 saturated carbocycles. The van der Waals surface area contributed by atoms with E-state index in [0.717, 1.165) is 43.6 Å². The first-order chi connectivity index (χ1) is 17.5. The number of hydrogen-bond donors (Lipinski definition) is 3. The van der Waals surface area contributed by atoms with Gasteiger partial charge in [0.25, 0.3) is 5.91 Å². The van der Waals surface area contributed by atoms with Crippen LogP contribution >= 0.6 is 11.6 Å². The molecule has 1 saturated heterocycles. The third-order valence-corrected chi connectivity index (χ3v) is 6.47. The quantitative estimate of drug-likeness (QED) is 0.369. The van der Waals surface area contributed by atoms with Crippen LogP contribution in [0.5, 0.6) is 0 Å². The molecular weight excluding hydrogens is 482 g/mol. The van der Waals surface area contributed by atoms with E-state index in [4.69, 9.17) is 21.1 Å². The monoisotopic (exact) mass is 517 g/mol. The van der Waals surface area contributed by atoms with Crippen LogP contribution in [0.25, 0.3) is 0 Å². The fourth-order valence-corrected chi connectivity index (χ4v) is 4.52. The standard InChI is InChI=1S/C27H36ClN3O5/c1-29-24(14-19-6-5-12-35-18-19)17-31-26(32)22-9-3-7-20(15-22)25(21-8-4-10-23(28)16-21)36-13-11-30-27(33)34-2/h3-4,7-10,15-16,19,24-25,29H,5-6,11-14,17-18H2,1-2H3,(H,30,33)(H,31,32)/t19-,24+,25+/m0/s1. The summed E-state index contributed by atoms with van der Waals surface area (Å²) in [6.07, 6.45) is 2.23. The topological polar surface area (TPSA) is 97.9 Å². The average molecular weight is 518 g/mol. The lowest BCUT2D eigenvalue weighted by molar-refractivity contribution is 0.0478. The molecule has 196 valence electrons. The molecule has 0 unspecified atom stereocenters. The molecule has 1 aliphatic rings. The molecule has 3 atom stereocenters. The van der Waals surface area contributed by atoms with Gasteiger partial charge in [-0.25, -0.2) is 4.79 Å². The van der Waals surface area contributed by atoms with Gasteiger partial charge in [0.1, 0.15) is 6.10 Å². The summed E-state index contributed by atoms with van der Waals surface area (Å²) < 4.78 is 16.3. The van der Waals surface area contributed by atoms with E-state index in [0.29, 0.717) is 23.0 Å². The highest BCUT2D eigenvalue weighted by atomic mass is 35.5.